The minimum Gasteiger partial charge on any atom is -0.299 e. The molecule has 0 N–H and O–H groups in total. The highest BCUT2D eigenvalue weighted by molar-refractivity contribution is 7.80. The van der Waals surface area contributed by atoms with E-state index in [-0.39, 0.29) is 12.8 Å². The monoisotopic (exact) mass is 207 g/mol. The van der Waals surface area contributed by atoms with Gasteiger partial charge < -0.3 is 0 Å². The van der Waals surface area contributed by atoms with Gasteiger partial charge in [-0.1, -0.05) is 12.2 Å². The largest absolute Gasteiger partial charge is 0.299 e. The van der Waals surface area contributed by atoms with Crippen LogP contribution in [0.1, 0.15) is 12.8 Å². The van der Waals surface area contributed by atoms with Crippen molar-refractivity contribution in [3.63, 3.8) is 0 Å². The first-order valence-corrected chi connectivity index (χ1v) is 5.13. The van der Waals surface area contributed by atoms with Gasteiger partial charge in [-0.05, 0) is 0 Å². The van der Waals surface area contributed by atoms with Crippen molar-refractivity contribution in [2.45, 2.75) is 18.8 Å². The highest BCUT2D eigenvalue weighted by Gasteiger charge is 2.33. The quantitative estimate of drug-likeness (QED) is 0.548. The fraction of sp³-hybridized carbons (Fsp3) is 0.778. The molecule has 1 saturated heterocycles. The number of halogens is 2. The Hall–Kier alpha value is -0.0900. The first-order valence-electron chi connectivity index (χ1n) is 4.50. The SMILES string of the molecule is FC1(F)CCN(C/C=C/CS)CC1. The smallest absolute Gasteiger partial charge is 0.250 e. The molecule has 76 valence electrons. The van der Waals surface area contributed by atoms with Crippen molar-refractivity contribution in [1.82, 2.24) is 4.90 Å². The summed E-state index contributed by atoms with van der Waals surface area (Å²) in [5.74, 6) is -1.71. The number of alkyl halides is 2. The van der Waals surface area contributed by atoms with E-state index in [1.54, 1.807) is 0 Å². The summed E-state index contributed by atoms with van der Waals surface area (Å²) in [4.78, 5) is 2.04. The molecule has 13 heavy (non-hydrogen) atoms. The fourth-order valence-electron chi connectivity index (χ4n) is 1.36. The molecule has 1 aliphatic heterocycles. The second-order valence-corrected chi connectivity index (χ2v) is 3.68. The van der Waals surface area contributed by atoms with E-state index < -0.39 is 5.92 Å². The highest BCUT2D eigenvalue weighted by Crippen LogP contribution is 2.27. The van der Waals surface area contributed by atoms with Crippen molar-refractivity contribution in [2.24, 2.45) is 0 Å². The number of hydrogen-bond acceptors (Lipinski definition) is 2. The molecule has 1 fully saturated rings. The third kappa shape index (κ3) is 4.09. The van der Waals surface area contributed by atoms with Crippen molar-refractivity contribution in [3.8, 4) is 0 Å². The Bertz CT molecular complexity index is 172. The first-order chi connectivity index (χ1) is 6.14. The summed E-state index contributed by atoms with van der Waals surface area (Å²) < 4.78 is 25.4. The zero-order valence-electron chi connectivity index (χ0n) is 7.55. The van der Waals surface area contributed by atoms with Gasteiger partial charge in [0.05, 0.1) is 0 Å². The number of nitrogens with zero attached hydrogens (tertiary/aromatic N) is 1. The Balaban J connectivity index is 2.21. The Morgan fingerprint density at radius 3 is 2.38 bits per heavy atom. The van der Waals surface area contributed by atoms with Crippen LogP contribution in [0.3, 0.4) is 0 Å². The van der Waals surface area contributed by atoms with E-state index in [0.717, 1.165) is 6.54 Å². The topological polar surface area (TPSA) is 3.24 Å². The zero-order chi connectivity index (χ0) is 9.73. The molecule has 0 aromatic carbocycles. The van der Waals surface area contributed by atoms with Crippen molar-refractivity contribution in [3.05, 3.63) is 12.2 Å². The number of piperidine rings is 1. The molecule has 1 nitrogen and oxygen atoms in total. The van der Waals surface area contributed by atoms with E-state index >= 15 is 0 Å². The number of thiol groups is 1. The summed E-state index contributed by atoms with van der Waals surface area (Å²) in [6.07, 6.45) is 3.93. The molecule has 0 radical (unpaired) electrons. The first kappa shape index (κ1) is 11.0. The van der Waals surface area contributed by atoms with Crippen LogP contribution < -0.4 is 0 Å². The minimum absolute atomic E-state index is 0.00170. The van der Waals surface area contributed by atoms with Gasteiger partial charge in [0.1, 0.15) is 0 Å². The van der Waals surface area contributed by atoms with Gasteiger partial charge in [0.15, 0.2) is 0 Å². The minimum atomic E-state index is -2.43. The van der Waals surface area contributed by atoms with Crippen LogP contribution in [-0.2, 0) is 0 Å². The molecule has 0 bridgehead atoms. The second-order valence-electron chi connectivity index (χ2n) is 3.31. The van der Waals surface area contributed by atoms with Gasteiger partial charge in [-0.2, -0.15) is 12.6 Å². The van der Waals surface area contributed by atoms with Crippen LogP contribution in [0.25, 0.3) is 0 Å². The summed E-state index contributed by atoms with van der Waals surface area (Å²) in [6.45, 7) is 1.78. The lowest BCUT2D eigenvalue weighted by molar-refractivity contribution is -0.0530. The van der Waals surface area contributed by atoms with Crippen molar-refractivity contribution in [2.75, 3.05) is 25.4 Å². The lowest BCUT2D eigenvalue weighted by atomic mass is 10.1. The molecule has 1 aliphatic rings. The Kier molecular flexibility index (Phi) is 4.19. The fourth-order valence-corrected chi connectivity index (χ4v) is 1.51. The molecule has 0 atom stereocenters. The molecule has 0 unspecified atom stereocenters. The zero-order valence-corrected chi connectivity index (χ0v) is 8.44. The van der Waals surface area contributed by atoms with Crippen LogP contribution in [0.4, 0.5) is 8.78 Å². The van der Waals surface area contributed by atoms with Crippen LogP contribution in [0, 0.1) is 0 Å². The van der Waals surface area contributed by atoms with E-state index in [4.69, 9.17) is 0 Å². The molecule has 1 heterocycles. The molecule has 0 aliphatic carbocycles. The predicted octanol–water partition coefficient (Wildman–Crippen LogP) is 2.20. The third-order valence-electron chi connectivity index (χ3n) is 2.22. The Morgan fingerprint density at radius 2 is 1.85 bits per heavy atom. The van der Waals surface area contributed by atoms with Gasteiger partial charge >= 0.3 is 0 Å². The number of likely N-dealkylation sites (tertiary alicyclic amines) is 1. The highest BCUT2D eigenvalue weighted by atomic mass is 32.1. The molecular weight excluding hydrogens is 192 g/mol. The molecular formula is C9H15F2NS. The lowest BCUT2D eigenvalue weighted by Gasteiger charge is -2.30. The normalized spacial score (nSPS) is 23.9. The van der Waals surface area contributed by atoms with Crippen LogP contribution in [-0.4, -0.2) is 36.2 Å². The summed E-state index contributed by atoms with van der Waals surface area (Å²) >= 11 is 4.02. The van der Waals surface area contributed by atoms with Crippen molar-refractivity contribution >= 4 is 12.6 Å². The van der Waals surface area contributed by atoms with Crippen LogP contribution in [0.2, 0.25) is 0 Å². The molecule has 0 aromatic rings. The van der Waals surface area contributed by atoms with E-state index in [9.17, 15) is 8.78 Å². The number of rotatable bonds is 3. The maximum atomic E-state index is 12.7. The average Bonchev–Trinajstić information content (AvgIpc) is 2.08. The number of hydrogen-bond donors (Lipinski definition) is 1. The summed E-state index contributed by atoms with van der Waals surface area (Å²) in [5.41, 5.74) is 0. The summed E-state index contributed by atoms with van der Waals surface area (Å²) in [5, 5.41) is 0. The van der Waals surface area contributed by atoms with Gasteiger partial charge in [0.25, 0.3) is 5.92 Å². The van der Waals surface area contributed by atoms with Gasteiger partial charge in [0.2, 0.25) is 0 Å². The van der Waals surface area contributed by atoms with E-state index in [0.29, 0.717) is 18.8 Å². The van der Waals surface area contributed by atoms with Crippen LogP contribution >= 0.6 is 12.6 Å². The Morgan fingerprint density at radius 1 is 1.23 bits per heavy atom. The van der Waals surface area contributed by atoms with Crippen LogP contribution in [0.15, 0.2) is 12.2 Å². The van der Waals surface area contributed by atoms with Crippen molar-refractivity contribution in [1.29, 1.82) is 0 Å². The average molecular weight is 207 g/mol. The molecule has 0 aromatic heterocycles. The summed E-state index contributed by atoms with van der Waals surface area (Å²) in [6, 6.07) is 0. The Labute approximate surface area is 83.2 Å². The molecule has 4 heteroatoms. The lowest BCUT2D eigenvalue weighted by Crippen LogP contribution is -2.39. The third-order valence-corrected chi connectivity index (χ3v) is 2.43. The second kappa shape index (κ2) is 4.96. The van der Waals surface area contributed by atoms with Crippen LogP contribution in [0.5, 0.6) is 0 Å². The van der Waals surface area contributed by atoms with E-state index in [1.165, 1.54) is 0 Å². The van der Waals surface area contributed by atoms with E-state index in [1.807, 2.05) is 17.1 Å². The van der Waals surface area contributed by atoms with Gasteiger partial charge in [-0.25, -0.2) is 8.78 Å². The van der Waals surface area contributed by atoms with Crippen molar-refractivity contribution < 1.29 is 8.78 Å². The standard InChI is InChI=1S/C9H15F2NS/c10-9(11)3-6-12(7-4-9)5-1-2-8-13/h1-2,13H,3-8H2/b2-1+. The molecule has 0 amide bonds. The van der Waals surface area contributed by atoms with E-state index in [2.05, 4.69) is 12.6 Å². The molecule has 0 spiro atoms. The maximum absolute atomic E-state index is 12.7. The summed E-state index contributed by atoms with van der Waals surface area (Å²) in [7, 11) is 0. The molecule has 1 rings (SSSR count). The van der Waals surface area contributed by atoms with Gasteiger partial charge in [0, 0.05) is 38.2 Å². The van der Waals surface area contributed by atoms with Gasteiger partial charge in [-0.15, -0.1) is 0 Å². The molecule has 0 saturated carbocycles. The predicted molar refractivity (Wildman–Crippen MR) is 53.6 cm³/mol. The van der Waals surface area contributed by atoms with Gasteiger partial charge in [-0.3, -0.25) is 4.90 Å². The maximum Gasteiger partial charge on any atom is 0.250 e.